The van der Waals surface area contributed by atoms with Crippen LogP contribution in [0.5, 0.6) is 11.5 Å². The predicted octanol–water partition coefficient (Wildman–Crippen LogP) is 10.4. The van der Waals surface area contributed by atoms with E-state index in [0.29, 0.717) is 0 Å². The monoisotopic (exact) mass is 598 g/mol. The molecule has 0 spiro atoms. The van der Waals surface area contributed by atoms with Crippen LogP contribution in [0.4, 0.5) is 17.2 Å². The lowest BCUT2D eigenvalue weighted by Crippen LogP contribution is -2.31. The molecule has 6 heteroatoms. The topological polar surface area (TPSA) is 56.3 Å². The summed E-state index contributed by atoms with van der Waals surface area (Å²) in [6, 6.07) is 41.3. The van der Waals surface area contributed by atoms with Gasteiger partial charge in [-0.3, -0.25) is 4.90 Å². The van der Waals surface area contributed by atoms with Crippen LogP contribution in [0.3, 0.4) is 0 Å². The van der Waals surface area contributed by atoms with Gasteiger partial charge in [-0.1, -0.05) is 68.4 Å². The van der Waals surface area contributed by atoms with Gasteiger partial charge in [-0.05, 0) is 60.7 Å². The molecule has 3 aromatic heterocycles. The molecule has 0 aliphatic carbocycles. The summed E-state index contributed by atoms with van der Waals surface area (Å²) in [6.07, 6.45) is 1.86. The SMILES string of the molecule is Cn1c(-c2cccc(Oc3cccc(N4c5ccc6c(oc7ccccc76)c5C(C)(C)c5cccnc54)c3)c2)nc2ccccc21. The molecule has 46 heavy (non-hydrogen) atoms. The summed E-state index contributed by atoms with van der Waals surface area (Å²) in [5.41, 5.74) is 8.80. The van der Waals surface area contributed by atoms with E-state index < -0.39 is 0 Å². The first kappa shape index (κ1) is 26.5. The number of imidazole rings is 1. The van der Waals surface area contributed by atoms with E-state index in [0.717, 1.165) is 84.2 Å². The van der Waals surface area contributed by atoms with E-state index in [9.17, 15) is 0 Å². The van der Waals surface area contributed by atoms with Gasteiger partial charge in [0.2, 0.25) is 0 Å². The van der Waals surface area contributed by atoms with Crippen LogP contribution in [0.25, 0.3) is 44.4 Å². The Bertz CT molecular complexity index is 2470. The number of furan rings is 1. The molecule has 8 aromatic rings. The van der Waals surface area contributed by atoms with Crippen molar-refractivity contribution in [2.45, 2.75) is 19.3 Å². The second kappa shape index (κ2) is 9.81. The van der Waals surface area contributed by atoms with Crippen molar-refractivity contribution in [2.75, 3.05) is 4.90 Å². The molecule has 4 heterocycles. The van der Waals surface area contributed by atoms with E-state index in [1.165, 1.54) is 0 Å². The summed E-state index contributed by atoms with van der Waals surface area (Å²) in [4.78, 5) is 12.0. The van der Waals surface area contributed by atoms with E-state index in [1.54, 1.807) is 0 Å². The van der Waals surface area contributed by atoms with E-state index in [4.69, 9.17) is 19.1 Å². The van der Waals surface area contributed by atoms with Crippen LogP contribution in [0, 0.1) is 0 Å². The fourth-order valence-corrected chi connectivity index (χ4v) is 7.07. The summed E-state index contributed by atoms with van der Waals surface area (Å²) in [5, 5.41) is 2.24. The van der Waals surface area contributed by atoms with Crippen molar-refractivity contribution in [2.24, 2.45) is 7.05 Å². The van der Waals surface area contributed by atoms with Crippen molar-refractivity contribution in [1.82, 2.24) is 14.5 Å². The normalized spacial score (nSPS) is 13.7. The van der Waals surface area contributed by atoms with E-state index >= 15 is 0 Å². The summed E-state index contributed by atoms with van der Waals surface area (Å²) >= 11 is 0. The molecule has 1 aliphatic heterocycles. The molecular formula is C40H30N4O2. The molecule has 6 nitrogen and oxygen atoms in total. The molecule has 0 amide bonds. The van der Waals surface area contributed by atoms with Gasteiger partial charge in [-0.15, -0.1) is 0 Å². The second-order valence-corrected chi connectivity index (χ2v) is 12.4. The highest BCUT2D eigenvalue weighted by Crippen LogP contribution is 2.54. The van der Waals surface area contributed by atoms with Crippen LogP contribution in [0.15, 0.2) is 132 Å². The first-order chi connectivity index (χ1) is 22.5. The predicted molar refractivity (Wildman–Crippen MR) is 185 cm³/mol. The van der Waals surface area contributed by atoms with Crippen LogP contribution in [-0.2, 0) is 12.5 Å². The van der Waals surface area contributed by atoms with E-state index in [-0.39, 0.29) is 5.41 Å². The Kier molecular flexibility index (Phi) is 5.66. The molecule has 1 aliphatic rings. The van der Waals surface area contributed by atoms with E-state index in [1.807, 2.05) is 80.0 Å². The smallest absolute Gasteiger partial charge is 0.141 e. The second-order valence-electron chi connectivity index (χ2n) is 12.4. The fourth-order valence-electron chi connectivity index (χ4n) is 7.07. The number of anilines is 3. The number of ether oxygens (including phenoxy) is 1. The standard InChI is InChI=1S/C40H30N4O2/c1-40(2)31-16-10-22-41-39(31)44(34-21-20-30-29-15-4-7-19-35(29)46-37(30)36(34)40)26-12-9-14-28(24-26)45-27-13-8-11-25(23-27)38-42-32-17-5-6-18-33(32)43(38)3/h4-24H,1-3H3. The molecule has 0 atom stereocenters. The molecule has 9 rings (SSSR count). The summed E-state index contributed by atoms with van der Waals surface area (Å²) in [7, 11) is 2.05. The quantitative estimate of drug-likeness (QED) is 0.202. The Labute approximate surface area is 266 Å². The molecule has 0 bridgehead atoms. The molecular weight excluding hydrogens is 568 g/mol. The maximum absolute atomic E-state index is 6.59. The lowest BCUT2D eigenvalue weighted by atomic mass is 9.74. The van der Waals surface area contributed by atoms with Crippen LogP contribution < -0.4 is 9.64 Å². The Morgan fingerprint density at radius 3 is 2.43 bits per heavy atom. The number of fused-ring (bicyclic) bond motifs is 7. The largest absolute Gasteiger partial charge is 0.457 e. The molecule has 0 fully saturated rings. The van der Waals surface area contributed by atoms with E-state index in [2.05, 4.69) is 77.9 Å². The third kappa shape index (κ3) is 3.90. The van der Waals surface area contributed by atoms with Crippen molar-refractivity contribution in [1.29, 1.82) is 0 Å². The first-order valence-electron chi connectivity index (χ1n) is 15.5. The Hall–Kier alpha value is -5.88. The minimum absolute atomic E-state index is 0.340. The number of hydrogen-bond donors (Lipinski definition) is 0. The highest BCUT2D eigenvalue weighted by molar-refractivity contribution is 6.09. The Morgan fingerprint density at radius 2 is 1.54 bits per heavy atom. The lowest BCUT2D eigenvalue weighted by molar-refractivity contribution is 0.483. The summed E-state index contributed by atoms with van der Waals surface area (Å²) < 4.78 is 15.2. The Morgan fingerprint density at radius 1 is 0.739 bits per heavy atom. The van der Waals surface area contributed by atoms with Crippen LogP contribution >= 0.6 is 0 Å². The zero-order valence-electron chi connectivity index (χ0n) is 25.7. The molecule has 0 saturated carbocycles. The van der Waals surface area contributed by atoms with Crippen LogP contribution in [-0.4, -0.2) is 14.5 Å². The van der Waals surface area contributed by atoms with Crippen LogP contribution in [0.1, 0.15) is 25.0 Å². The average Bonchev–Trinajstić information content (AvgIpc) is 3.62. The minimum Gasteiger partial charge on any atom is -0.457 e. The number of rotatable bonds is 4. The van der Waals surface area contributed by atoms with Gasteiger partial charge in [0, 0.05) is 52.2 Å². The zero-order chi connectivity index (χ0) is 31.0. The maximum Gasteiger partial charge on any atom is 0.141 e. The van der Waals surface area contributed by atoms with Crippen molar-refractivity contribution < 1.29 is 9.15 Å². The van der Waals surface area contributed by atoms with Crippen molar-refractivity contribution in [3.63, 3.8) is 0 Å². The van der Waals surface area contributed by atoms with Crippen molar-refractivity contribution >= 4 is 50.2 Å². The summed E-state index contributed by atoms with van der Waals surface area (Å²) in [5.74, 6) is 3.27. The van der Waals surface area contributed by atoms with Crippen molar-refractivity contribution in [3.8, 4) is 22.9 Å². The number of para-hydroxylation sites is 3. The Balaban J connectivity index is 1.15. The number of aromatic nitrogens is 3. The number of hydrogen-bond acceptors (Lipinski definition) is 5. The first-order valence-corrected chi connectivity index (χ1v) is 15.5. The summed E-state index contributed by atoms with van der Waals surface area (Å²) in [6.45, 7) is 4.51. The van der Waals surface area contributed by atoms with Gasteiger partial charge >= 0.3 is 0 Å². The fraction of sp³-hybridized carbons (Fsp3) is 0.100. The zero-order valence-corrected chi connectivity index (χ0v) is 25.7. The maximum atomic E-state index is 6.59. The third-order valence-corrected chi connectivity index (χ3v) is 9.25. The molecule has 0 radical (unpaired) electrons. The molecule has 0 saturated heterocycles. The number of nitrogens with zero attached hydrogens (tertiary/aromatic N) is 4. The minimum atomic E-state index is -0.340. The molecule has 5 aromatic carbocycles. The van der Waals surface area contributed by atoms with Gasteiger partial charge < -0.3 is 13.7 Å². The van der Waals surface area contributed by atoms with Gasteiger partial charge in [0.1, 0.15) is 34.3 Å². The molecule has 0 N–H and O–H groups in total. The van der Waals surface area contributed by atoms with Gasteiger partial charge in [0.15, 0.2) is 0 Å². The highest BCUT2D eigenvalue weighted by Gasteiger charge is 2.40. The van der Waals surface area contributed by atoms with Gasteiger partial charge in [-0.25, -0.2) is 9.97 Å². The number of aryl methyl sites for hydroxylation is 1. The van der Waals surface area contributed by atoms with Gasteiger partial charge in [-0.2, -0.15) is 0 Å². The van der Waals surface area contributed by atoms with Gasteiger partial charge in [0.05, 0.1) is 22.4 Å². The molecule has 0 unspecified atom stereocenters. The van der Waals surface area contributed by atoms with Gasteiger partial charge in [0.25, 0.3) is 0 Å². The highest BCUT2D eigenvalue weighted by atomic mass is 16.5. The average molecular weight is 599 g/mol. The molecule has 222 valence electrons. The third-order valence-electron chi connectivity index (χ3n) is 9.25. The van der Waals surface area contributed by atoms with Crippen molar-refractivity contribution in [3.05, 3.63) is 139 Å². The number of benzene rings is 5. The van der Waals surface area contributed by atoms with Crippen LogP contribution in [0.2, 0.25) is 0 Å². The number of pyridine rings is 1. The lowest BCUT2D eigenvalue weighted by Gasteiger charge is -2.40.